The Labute approximate surface area is 201 Å². The summed E-state index contributed by atoms with van der Waals surface area (Å²) < 4.78 is 3.74. The predicted octanol–water partition coefficient (Wildman–Crippen LogP) is 4.61. The maximum absolute atomic E-state index is 14.2. The van der Waals surface area contributed by atoms with Crippen molar-refractivity contribution in [2.24, 2.45) is 0 Å². The van der Waals surface area contributed by atoms with Crippen molar-refractivity contribution < 1.29 is 9.59 Å². The standard InChI is InChI=1S/C29H27AsO2S/c1-2-3-20-26(31)28(29(32)27-21-13-22-33-27)30(23-14-7-4-8-15-23,24-16-9-5-10-17-24)25-18-11-6-12-19-25/h4-19,21-22H,2-3,20H2,1H3. The second kappa shape index (κ2) is 10.8. The zero-order valence-corrected chi connectivity index (χ0v) is 21.4. The molecule has 4 rings (SSSR count). The molecule has 0 unspecified atom stereocenters. The van der Waals surface area contributed by atoms with Gasteiger partial charge in [0.2, 0.25) is 0 Å². The number of carbonyl (C=O) groups excluding carboxylic acids is 2. The molecule has 2 nitrogen and oxygen atoms in total. The average molecular weight is 515 g/mol. The van der Waals surface area contributed by atoms with Crippen LogP contribution in [0.2, 0.25) is 0 Å². The summed E-state index contributed by atoms with van der Waals surface area (Å²) in [6.07, 6.45) is 2.07. The number of ketones is 2. The topological polar surface area (TPSA) is 34.1 Å². The predicted molar refractivity (Wildman–Crippen MR) is 142 cm³/mol. The van der Waals surface area contributed by atoms with Crippen molar-refractivity contribution >= 4 is 53.4 Å². The van der Waals surface area contributed by atoms with Crippen molar-refractivity contribution in [3.8, 4) is 0 Å². The van der Waals surface area contributed by atoms with Gasteiger partial charge in [0.1, 0.15) is 0 Å². The molecule has 0 N–H and O–H groups in total. The van der Waals surface area contributed by atoms with Gasteiger partial charge in [-0.15, -0.1) is 0 Å². The molecule has 0 aliphatic carbocycles. The van der Waals surface area contributed by atoms with Gasteiger partial charge in [0.25, 0.3) is 0 Å². The van der Waals surface area contributed by atoms with Gasteiger partial charge in [0.15, 0.2) is 0 Å². The fraction of sp³-hybridized carbons (Fsp3) is 0.138. The van der Waals surface area contributed by atoms with E-state index in [0.717, 1.165) is 25.9 Å². The van der Waals surface area contributed by atoms with E-state index in [1.165, 1.54) is 11.3 Å². The summed E-state index contributed by atoms with van der Waals surface area (Å²) in [5, 5.41) is 1.90. The van der Waals surface area contributed by atoms with Crippen molar-refractivity contribution in [3.05, 3.63) is 113 Å². The molecule has 0 bridgehead atoms. The first-order valence-electron chi connectivity index (χ1n) is 11.2. The van der Waals surface area contributed by atoms with E-state index in [1.807, 2.05) is 72.1 Å². The number of thiophene rings is 1. The molecule has 0 aliphatic rings. The molecular weight excluding hydrogens is 487 g/mol. The number of benzene rings is 3. The van der Waals surface area contributed by atoms with Crippen LogP contribution in [0, 0.1) is 0 Å². The third kappa shape index (κ3) is 4.62. The van der Waals surface area contributed by atoms with Crippen molar-refractivity contribution in [1.82, 2.24) is 0 Å². The fourth-order valence-corrected chi connectivity index (χ4v) is 14.4. The maximum atomic E-state index is 14.2. The van der Waals surface area contributed by atoms with Gasteiger partial charge in [0, 0.05) is 0 Å². The minimum absolute atomic E-state index is 0.0145. The van der Waals surface area contributed by atoms with Gasteiger partial charge in [-0.25, -0.2) is 0 Å². The summed E-state index contributed by atoms with van der Waals surface area (Å²) in [6, 6.07) is 34.4. The van der Waals surface area contributed by atoms with Crippen LogP contribution < -0.4 is 13.1 Å². The van der Waals surface area contributed by atoms with E-state index in [1.54, 1.807) is 0 Å². The molecule has 33 heavy (non-hydrogen) atoms. The number of Topliss-reactive ketones (excluding diaryl/α,β-unsaturated/α-hetero) is 2. The van der Waals surface area contributed by atoms with Gasteiger partial charge in [-0.3, -0.25) is 0 Å². The van der Waals surface area contributed by atoms with E-state index in [2.05, 4.69) is 43.3 Å². The average Bonchev–Trinajstić information content (AvgIpc) is 3.42. The Bertz CT molecular complexity index is 1160. The zero-order valence-electron chi connectivity index (χ0n) is 18.7. The molecule has 3 aromatic carbocycles. The Hall–Kier alpha value is -2.87. The van der Waals surface area contributed by atoms with Crippen LogP contribution in [0.3, 0.4) is 0 Å². The summed E-state index contributed by atoms with van der Waals surface area (Å²) in [5.74, 6) is -0.130. The Balaban J connectivity index is 2.23. The van der Waals surface area contributed by atoms with Crippen LogP contribution in [-0.2, 0) is 4.79 Å². The molecule has 0 spiro atoms. The fourth-order valence-electron chi connectivity index (χ4n) is 4.24. The number of unbranched alkanes of at least 4 members (excludes halogenated alkanes) is 1. The molecule has 0 saturated heterocycles. The van der Waals surface area contributed by atoms with Gasteiger partial charge in [0.05, 0.1) is 0 Å². The van der Waals surface area contributed by atoms with E-state index >= 15 is 0 Å². The van der Waals surface area contributed by atoms with Crippen LogP contribution in [0.25, 0.3) is 0 Å². The van der Waals surface area contributed by atoms with Crippen LogP contribution in [0.15, 0.2) is 109 Å². The van der Waals surface area contributed by atoms with E-state index in [-0.39, 0.29) is 11.6 Å². The third-order valence-electron chi connectivity index (χ3n) is 5.75. The molecule has 1 aromatic heterocycles. The number of hydrogen-bond donors (Lipinski definition) is 0. The zero-order chi connectivity index (χ0) is 23.1. The van der Waals surface area contributed by atoms with Crippen LogP contribution in [-0.4, -0.2) is 29.0 Å². The summed E-state index contributed by atoms with van der Waals surface area (Å²) >= 11 is -2.26. The van der Waals surface area contributed by atoms with E-state index < -0.39 is 13.1 Å². The molecule has 4 aromatic rings. The van der Waals surface area contributed by atoms with E-state index in [0.29, 0.717) is 15.6 Å². The molecule has 0 atom stereocenters. The van der Waals surface area contributed by atoms with Gasteiger partial charge in [-0.1, -0.05) is 0 Å². The molecule has 0 amide bonds. The molecule has 0 saturated carbocycles. The normalized spacial score (nSPS) is 11.2. The molecule has 166 valence electrons. The van der Waals surface area contributed by atoms with Crippen LogP contribution in [0.1, 0.15) is 35.9 Å². The molecular formula is C29H27AsO2S. The molecule has 1 heterocycles. The molecule has 0 fully saturated rings. The van der Waals surface area contributed by atoms with Gasteiger partial charge < -0.3 is 0 Å². The molecule has 0 radical (unpaired) electrons. The monoisotopic (exact) mass is 514 g/mol. The number of rotatable bonds is 9. The number of hydrogen-bond acceptors (Lipinski definition) is 3. The van der Waals surface area contributed by atoms with Crippen molar-refractivity contribution in [2.75, 3.05) is 0 Å². The second-order valence-electron chi connectivity index (χ2n) is 7.86. The van der Waals surface area contributed by atoms with Crippen LogP contribution >= 0.6 is 11.3 Å². The van der Waals surface area contributed by atoms with Crippen LogP contribution in [0.4, 0.5) is 0 Å². The molecule has 0 aliphatic heterocycles. The van der Waals surface area contributed by atoms with Crippen molar-refractivity contribution in [3.63, 3.8) is 0 Å². The first kappa shape index (κ1) is 23.3. The van der Waals surface area contributed by atoms with E-state index in [4.69, 9.17) is 0 Å². The Kier molecular flexibility index (Phi) is 7.64. The summed E-state index contributed by atoms with van der Waals surface area (Å²) in [4.78, 5) is 28.8. The number of carbonyl (C=O) groups is 2. The van der Waals surface area contributed by atoms with Crippen molar-refractivity contribution in [2.45, 2.75) is 26.2 Å². The van der Waals surface area contributed by atoms with Gasteiger partial charge in [-0.2, -0.15) is 0 Å². The quantitative estimate of drug-likeness (QED) is 0.186. The summed E-state index contributed by atoms with van der Waals surface area (Å²) in [6.45, 7) is 2.08. The summed E-state index contributed by atoms with van der Waals surface area (Å²) in [5.41, 5.74) is 0. The van der Waals surface area contributed by atoms with Gasteiger partial charge in [-0.05, 0) is 0 Å². The first-order valence-corrected chi connectivity index (χ1v) is 15.9. The second-order valence-corrected chi connectivity index (χ2v) is 15.8. The first-order chi connectivity index (χ1) is 16.2. The SMILES string of the molecule is CCCCC(=O)C(C(=O)c1cccs1)=[As](c1ccccc1)(c1ccccc1)c1ccccc1. The van der Waals surface area contributed by atoms with E-state index in [9.17, 15) is 9.59 Å². The van der Waals surface area contributed by atoms with Gasteiger partial charge >= 0.3 is 203 Å². The van der Waals surface area contributed by atoms with Crippen molar-refractivity contribution in [1.29, 1.82) is 0 Å². The summed E-state index contributed by atoms with van der Waals surface area (Å²) in [7, 11) is 0. The third-order valence-corrected chi connectivity index (χ3v) is 15.7. The van der Waals surface area contributed by atoms with Crippen LogP contribution in [0.5, 0.6) is 0 Å². The minimum atomic E-state index is -3.67. The Morgan fingerprint density at radius 1 is 0.697 bits per heavy atom. The molecule has 4 heteroatoms. The Morgan fingerprint density at radius 3 is 1.58 bits per heavy atom. The Morgan fingerprint density at radius 2 is 1.18 bits per heavy atom.